The first-order chi connectivity index (χ1) is 13.8. The van der Waals surface area contributed by atoms with Gasteiger partial charge < -0.3 is 10.1 Å². The molecule has 3 rings (SSSR count). The minimum atomic E-state index is -0.131. The van der Waals surface area contributed by atoms with Crippen LogP contribution in [-0.4, -0.2) is 28.4 Å². The van der Waals surface area contributed by atoms with Crippen LogP contribution in [0.2, 0.25) is 0 Å². The van der Waals surface area contributed by atoms with Gasteiger partial charge in [-0.2, -0.15) is 5.06 Å². The van der Waals surface area contributed by atoms with Crippen LogP contribution >= 0.6 is 0 Å². The van der Waals surface area contributed by atoms with Gasteiger partial charge in [-0.25, -0.2) is 0 Å². The molecule has 0 saturated carbocycles. The van der Waals surface area contributed by atoms with Gasteiger partial charge in [0, 0.05) is 23.5 Å². The number of fused-ring (bicyclic) bond motifs is 1. The molecular weight excluding hydrogens is 364 g/mol. The standard InChI is InChI=1S/C24H30N2O3/c1-17-5-10-22-21(13-17)19(14-23(28)25-22)16-26(29-12-11-27)15-18-6-8-20(9-7-18)24(2,3)4/h5-10,13-14,27H,11-12,15-16H2,1-4H3,(H,25,28). The van der Waals surface area contributed by atoms with Gasteiger partial charge in [-0.15, -0.1) is 0 Å². The third-order valence-corrected chi connectivity index (χ3v) is 4.97. The van der Waals surface area contributed by atoms with Gasteiger partial charge in [-0.1, -0.05) is 56.7 Å². The van der Waals surface area contributed by atoms with E-state index in [1.165, 1.54) is 5.56 Å². The van der Waals surface area contributed by atoms with Crippen molar-refractivity contribution in [3.8, 4) is 0 Å². The number of hydrogen-bond donors (Lipinski definition) is 2. The highest BCUT2D eigenvalue weighted by Gasteiger charge is 2.15. The van der Waals surface area contributed by atoms with Gasteiger partial charge in [0.15, 0.2) is 0 Å². The van der Waals surface area contributed by atoms with E-state index in [2.05, 4.69) is 56.1 Å². The zero-order valence-corrected chi connectivity index (χ0v) is 17.7. The largest absolute Gasteiger partial charge is 0.394 e. The minimum absolute atomic E-state index is 0.0608. The molecule has 0 amide bonds. The topological polar surface area (TPSA) is 65.6 Å². The van der Waals surface area contributed by atoms with E-state index < -0.39 is 0 Å². The summed E-state index contributed by atoms with van der Waals surface area (Å²) in [6.07, 6.45) is 0. The maximum atomic E-state index is 12.1. The molecule has 2 N–H and O–H groups in total. The molecule has 0 aliphatic heterocycles. The summed E-state index contributed by atoms with van der Waals surface area (Å²) < 4.78 is 0. The molecule has 0 aliphatic rings. The lowest BCUT2D eigenvalue weighted by Crippen LogP contribution is -2.26. The van der Waals surface area contributed by atoms with Crippen LogP contribution in [0.15, 0.2) is 53.3 Å². The second kappa shape index (κ2) is 8.91. The SMILES string of the molecule is Cc1ccc2[nH]c(=O)cc(CN(Cc3ccc(C(C)(C)C)cc3)OCCO)c2c1. The van der Waals surface area contributed by atoms with Gasteiger partial charge in [0.25, 0.3) is 0 Å². The van der Waals surface area contributed by atoms with Crippen LogP contribution in [0.3, 0.4) is 0 Å². The first-order valence-electron chi connectivity index (χ1n) is 9.97. The second-order valence-electron chi connectivity index (χ2n) is 8.51. The molecule has 29 heavy (non-hydrogen) atoms. The molecule has 0 aliphatic carbocycles. The lowest BCUT2D eigenvalue weighted by atomic mass is 9.87. The first kappa shape index (κ1) is 21.2. The van der Waals surface area contributed by atoms with Crippen molar-refractivity contribution in [3.63, 3.8) is 0 Å². The molecule has 1 heterocycles. The lowest BCUT2D eigenvalue weighted by molar-refractivity contribution is -0.180. The average Bonchev–Trinajstić information content (AvgIpc) is 2.66. The van der Waals surface area contributed by atoms with E-state index in [0.29, 0.717) is 13.1 Å². The predicted octanol–water partition coefficient (Wildman–Crippen LogP) is 4.06. The van der Waals surface area contributed by atoms with Crippen LogP contribution in [0.25, 0.3) is 10.9 Å². The van der Waals surface area contributed by atoms with Crippen LogP contribution in [0, 0.1) is 6.92 Å². The number of benzene rings is 2. The maximum Gasteiger partial charge on any atom is 0.248 e. The van der Waals surface area contributed by atoms with Crippen LogP contribution in [0.1, 0.15) is 43.0 Å². The van der Waals surface area contributed by atoms with Crippen molar-refractivity contribution >= 4 is 10.9 Å². The zero-order chi connectivity index (χ0) is 21.0. The van der Waals surface area contributed by atoms with E-state index in [1.54, 1.807) is 11.1 Å². The van der Waals surface area contributed by atoms with Gasteiger partial charge in [-0.05, 0) is 41.2 Å². The molecule has 5 heteroatoms. The van der Waals surface area contributed by atoms with Crippen molar-refractivity contribution in [1.82, 2.24) is 10.0 Å². The van der Waals surface area contributed by atoms with E-state index >= 15 is 0 Å². The molecule has 0 unspecified atom stereocenters. The number of rotatable bonds is 7. The van der Waals surface area contributed by atoms with Gasteiger partial charge in [-0.3, -0.25) is 9.63 Å². The fourth-order valence-corrected chi connectivity index (χ4v) is 3.39. The third-order valence-electron chi connectivity index (χ3n) is 4.97. The summed E-state index contributed by atoms with van der Waals surface area (Å²) in [6.45, 7) is 9.77. The minimum Gasteiger partial charge on any atom is -0.394 e. The molecule has 0 saturated heterocycles. The number of aliphatic hydroxyl groups excluding tert-OH is 1. The number of nitrogens with zero attached hydrogens (tertiary/aromatic N) is 1. The van der Waals surface area contributed by atoms with Crippen molar-refractivity contribution in [2.45, 2.75) is 46.2 Å². The lowest BCUT2D eigenvalue weighted by Gasteiger charge is -2.23. The molecule has 154 valence electrons. The highest BCUT2D eigenvalue weighted by molar-refractivity contribution is 5.82. The number of pyridine rings is 1. The molecular formula is C24H30N2O3. The molecule has 1 aromatic heterocycles. The van der Waals surface area contributed by atoms with E-state index in [0.717, 1.165) is 27.6 Å². The van der Waals surface area contributed by atoms with Crippen molar-refractivity contribution in [2.75, 3.05) is 13.2 Å². The Morgan fingerprint density at radius 2 is 1.76 bits per heavy atom. The normalized spacial score (nSPS) is 12.1. The molecule has 0 fully saturated rings. The summed E-state index contributed by atoms with van der Waals surface area (Å²) in [5.41, 5.74) is 5.21. The molecule has 5 nitrogen and oxygen atoms in total. The zero-order valence-electron chi connectivity index (χ0n) is 17.7. The van der Waals surface area contributed by atoms with Crippen LogP contribution in [0.4, 0.5) is 0 Å². The summed E-state index contributed by atoms with van der Waals surface area (Å²) >= 11 is 0. The Bertz CT molecular complexity index is 1020. The van der Waals surface area contributed by atoms with E-state index in [1.807, 2.05) is 19.1 Å². The van der Waals surface area contributed by atoms with Crippen molar-refractivity contribution in [3.05, 3.63) is 81.1 Å². The maximum absolute atomic E-state index is 12.1. The molecule has 0 spiro atoms. The van der Waals surface area contributed by atoms with Gasteiger partial charge in [0.2, 0.25) is 5.56 Å². The highest BCUT2D eigenvalue weighted by atomic mass is 16.7. The average molecular weight is 395 g/mol. The fraction of sp³-hybridized carbons (Fsp3) is 0.375. The van der Waals surface area contributed by atoms with Crippen molar-refractivity contribution in [1.29, 1.82) is 0 Å². The number of H-pyrrole nitrogens is 1. The molecule has 0 radical (unpaired) electrons. The Kier molecular flexibility index (Phi) is 6.52. The number of hydroxylamine groups is 2. The molecule has 0 atom stereocenters. The molecule has 2 aromatic carbocycles. The van der Waals surface area contributed by atoms with Gasteiger partial charge in [0.05, 0.1) is 19.8 Å². The monoisotopic (exact) mass is 394 g/mol. The Morgan fingerprint density at radius 3 is 2.41 bits per heavy atom. The number of aromatic amines is 1. The van der Waals surface area contributed by atoms with E-state index in [9.17, 15) is 9.90 Å². The number of aromatic nitrogens is 1. The molecule has 0 bridgehead atoms. The van der Waals surface area contributed by atoms with Crippen molar-refractivity contribution in [2.24, 2.45) is 0 Å². The van der Waals surface area contributed by atoms with E-state index in [-0.39, 0.29) is 24.2 Å². The summed E-state index contributed by atoms with van der Waals surface area (Å²) in [5, 5.41) is 12.0. The Hall–Kier alpha value is -2.47. The summed E-state index contributed by atoms with van der Waals surface area (Å²) in [7, 11) is 0. The predicted molar refractivity (Wildman–Crippen MR) is 117 cm³/mol. The van der Waals surface area contributed by atoms with Crippen LogP contribution < -0.4 is 5.56 Å². The van der Waals surface area contributed by atoms with E-state index in [4.69, 9.17) is 4.84 Å². The Morgan fingerprint density at radius 1 is 1.03 bits per heavy atom. The Labute approximate surface area is 171 Å². The summed E-state index contributed by atoms with van der Waals surface area (Å²) in [5.74, 6) is 0. The highest BCUT2D eigenvalue weighted by Crippen LogP contribution is 2.23. The van der Waals surface area contributed by atoms with Crippen LogP contribution in [-0.2, 0) is 23.3 Å². The Balaban J connectivity index is 1.87. The second-order valence-corrected chi connectivity index (χ2v) is 8.51. The number of hydrogen-bond acceptors (Lipinski definition) is 4. The fourth-order valence-electron chi connectivity index (χ4n) is 3.39. The number of aliphatic hydroxyl groups is 1. The quantitative estimate of drug-likeness (QED) is 0.593. The van der Waals surface area contributed by atoms with Crippen molar-refractivity contribution < 1.29 is 9.94 Å². The van der Waals surface area contributed by atoms with Crippen LogP contribution in [0.5, 0.6) is 0 Å². The number of aryl methyl sites for hydroxylation is 1. The smallest absolute Gasteiger partial charge is 0.248 e. The third kappa shape index (κ3) is 5.54. The first-order valence-corrected chi connectivity index (χ1v) is 9.97. The molecule has 3 aromatic rings. The summed E-state index contributed by atoms with van der Waals surface area (Å²) in [6, 6.07) is 16.1. The summed E-state index contributed by atoms with van der Waals surface area (Å²) in [4.78, 5) is 20.8. The van der Waals surface area contributed by atoms with Gasteiger partial charge in [0.1, 0.15) is 0 Å². The van der Waals surface area contributed by atoms with Gasteiger partial charge >= 0.3 is 0 Å². The number of nitrogens with one attached hydrogen (secondary N) is 1.